The Bertz CT molecular complexity index is 2810. The van der Waals surface area contributed by atoms with Gasteiger partial charge in [0.25, 0.3) is 0 Å². The predicted octanol–water partition coefficient (Wildman–Crippen LogP) is 14.3. The van der Waals surface area contributed by atoms with E-state index in [-0.39, 0.29) is 5.41 Å². The van der Waals surface area contributed by atoms with Crippen molar-refractivity contribution in [2.45, 2.75) is 19.3 Å². The van der Waals surface area contributed by atoms with Crippen molar-refractivity contribution in [1.82, 2.24) is 0 Å². The van der Waals surface area contributed by atoms with Crippen LogP contribution >= 0.6 is 0 Å². The molecule has 246 valence electrons. The Morgan fingerprint density at radius 3 is 1.77 bits per heavy atom. The summed E-state index contributed by atoms with van der Waals surface area (Å²) in [5.41, 5.74) is 13.6. The van der Waals surface area contributed by atoms with E-state index < -0.39 is 0 Å². The molecule has 1 aliphatic carbocycles. The zero-order valence-corrected chi connectivity index (χ0v) is 29.3. The molecule has 52 heavy (non-hydrogen) atoms. The van der Waals surface area contributed by atoms with Crippen molar-refractivity contribution in [2.75, 3.05) is 4.90 Å². The summed E-state index contributed by atoms with van der Waals surface area (Å²) >= 11 is 0. The largest absolute Gasteiger partial charge is 0.310 e. The van der Waals surface area contributed by atoms with Crippen LogP contribution < -0.4 is 4.90 Å². The lowest BCUT2D eigenvalue weighted by Crippen LogP contribution is -2.15. The lowest BCUT2D eigenvalue weighted by atomic mass is 9.82. The molecule has 9 aromatic carbocycles. The molecule has 0 bridgehead atoms. The van der Waals surface area contributed by atoms with E-state index in [2.05, 4.69) is 207 Å². The van der Waals surface area contributed by atoms with E-state index in [1.165, 1.54) is 76.8 Å². The Labute approximate surface area is 305 Å². The quantitative estimate of drug-likeness (QED) is 0.166. The third kappa shape index (κ3) is 4.77. The van der Waals surface area contributed by atoms with Gasteiger partial charge in [-0.1, -0.05) is 166 Å². The molecule has 0 radical (unpaired) electrons. The second-order valence-electron chi connectivity index (χ2n) is 14.5. The van der Waals surface area contributed by atoms with E-state index in [1.54, 1.807) is 0 Å². The number of hydrogen-bond donors (Lipinski definition) is 0. The first kappa shape index (κ1) is 30.4. The highest BCUT2D eigenvalue weighted by Crippen LogP contribution is 2.51. The fourth-order valence-corrected chi connectivity index (χ4v) is 8.62. The molecule has 0 amide bonds. The summed E-state index contributed by atoms with van der Waals surface area (Å²) in [4.78, 5) is 2.43. The Balaban J connectivity index is 1.09. The molecule has 0 saturated carbocycles. The normalized spacial score (nSPS) is 13.0. The minimum atomic E-state index is -0.0428. The van der Waals surface area contributed by atoms with Gasteiger partial charge in [-0.2, -0.15) is 0 Å². The molecule has 0 aromatic heterocycles. The highest BCUT2D eigenvalue weighted by atomic mass is 15.1. The highest BCUT2D eigenvalue weighted by molar-refractivity contribution is 6.17. The number of rotatable bonds is 5. The van der Waals surface area contributed by atoms with Crippen LogP contribution in [0.15, 0.2) is 188 Å². The average Bonchev–Trinajstić information content (AvgIpc) is 3.43. The molecule has 0 fully saturated rings. The zero-order valence-electron chi connectivity index (χ0n) is 29.3. The lowest BCUT2D eigenvalue weighted by Gasteiger charge is -2.29. The molecule has 0 atom stereocenters. The van der Waals surface area contributed by atoms with Gasteiger partial charge in [-0.05, 0) is 108 Å². The molecule has 9 aromatic rings. The maximum atomic E-state index is 2.43. The summed E-state index contributed by atoms with van der Waals surface area (Å²) < 4.78 is 0. The van der Waals surface area contributed by atoms with Gasteiger partial charge in [-0.25, -0.2) is 0 Å². The Kier molecular flexibility index (Phi) is 6.91. The van der Waals surface area contributed by atoms with Gasteiger partial charge in [-0.3, -0.25) is 0 Å². The van der Waals surface area contributed by atoms with Crippen LogP contribution in [0.25, 0.3) is 65.7 Å². The predicted molar refractivity (Wildman–Crippen MR) is 222 cm³/mol. The van der Waals surface area contributed by atoms with Crippen molar-refractivity contribution < 1.29 is 0 Å². The monoisotopic (exact) mass is 663 g/mol. The number of anilines is 3. The van der Waals surface area contributed by atoms with Crippen LogP contribution in [-0.2, 0) is 5.41 Å². The van der Waals surface area contributed by atoms with E-state index in [4.69, 9.17) is 0 Å². The molecule has 1 heteroatoms. The number of nitrogens with zero attached hydrogens (tertiary/aromatic N) is 1. The first-order chi connectivity index (χ1) is 25.5. The Morgan fingerprint density at radius 1 is 0.346 bits per heavy atom. The first-order valence-electron chi connectivity index (χ1n) is 18.2. The van der Waals surface area contributed by atoms with E-state index in [0.717, 1.165) is 17.1 Å². The molecular weight excluding hydrogens is 627 g/mol. The van der Waals surface area contributed by atoms with Gasteiger partial charge in [-0.15, -0.1) is 0 Å². The van der Waals surface area contributed by atoms with Gasteiger partial charge in [0.2, 0.25) is 0 Å². The fourth-order valence-electron chi connectivity index (χ4n) is 8.62. The number of benzene rings is 9. The third-order valence-electron chi connectivity index (χ3n) is 11.3. The van der Waals surface area contributed by atoms with Gasteiger partial charge >= 0.3 is 0 Å². The SMILES string of the molecule is CC1(C)c2ccccc2-c2cc(N(c3ccc(-c4ccc5c(ccc6c7ccccc7ccc56)c4)cc3)c3ccccc3-c3ccccc3)ccc21. The van der Waals surface area contributed by atoms with Crippen LogP contribution in [0.5, 0.6) is 0 Å². The molecule has 0 aliphatic heterocycles. The van der Waals surface area contributed by atoms with Crippen LogP contribution in [0, 0.1) is 0 Å². The first-order valence-corrected chi connectivity index (χ1v) is 18.2. The highest BCUT2D eigenvalue weighted by Gasteiger charge is 2.35. The lowest BCUT2D eigenvalue weighted by molar-refractivity contribution is 0.660. The van der Waals surface area contributed by atoms with Gasteiger partial charge in [0.1, 0.15) is 0 Å². The minimum Gasteiger partial charge on any atom is -0.310 e. The molecule has 0 unspecified atom stereocenters. The molecule has 0 saturated heterocycles. The van der Waals surface area contributed by atoms with E-state index in [1.807, 2.05) is 0 Å². The van der Waals surface area contributed by atoms with Crippen LogP contribution in [0.4, 0.5) is 17.1 Å². The average molecular weight is 664 g/mol. The second-order valence-corrected chi connectivity index (χ2v) is 14.5. The third-order valence-corrected chi connectivity index (χ3v) is 11.3. The second kappa shape index (κ2) is 11.8. The van der Waals surface area contributed by atoms with Crippen LogP contribution in [-0.4, -0.2) is 0 Å². The summed E-state index contributed by atoms with van der Waals surface area (Å²) in [6, 6.07) is 69.2. The van der Waals surface area contributed by atoms with Crippen LogP contribution in [0.2, 0.25) is 0 Å². The smallest absolute Gasteiger partial charge is 0.0540 e. The van der Waals surface area contributed by atoms with Crippen molar-refractivity contribution >= 4 is 49.4 Å². The topological polar surface area (TPSA) is 3.24 Å². The molecule has 0 N–H and O–H groups in total. The van der Waals surface area contributed by atoms with Gasteiger partial charge in [0.05, 0.1) is 5.69 Å². The molecule has 0 heterocycles. The summed E-state index contributed by atoms with van der Waals surface area (Å²) in [6.45, 7) is 4.69. The van der Waals surface area contributed by atoms with Gasteiger partial charge in [0.15, 0.2) is 0 Å². The maximum Gasteiger partial charge on any atom is 0.0540 e. The van der Waals surface area contributed by atoms with E-state index in [9.17, 15) is 0 Å². The molecule has 1 aliphatic rings. The van der Waals surface area contributed by atoms with Gasteiger partial charge in [0, 0.05) is 22.4 Å². The number of fused-ring (bicyclic) bond motifs is 8. The molecule has 1 nitrogen and oxygen atoms in total. The van der Waals surface area contributed by atoms with Crippen molar-refractivity contribution in [3.63, 3.8) is 0 Å². The van der Waals surface area contributed by atoms with Crippen molar-refractivity contribution in [1.29, 1.82) is 0 Å². The zero-order chi connectivity index (χ0) is 34.8. The van der Waals surface area contributed by atoms with Crippen LogP contribution in [0.3, 0.4) is 0 Å². The van der Waals surface area contributed by atoms with E-state index >= 15 is 0 Å². The van der Waals surface area contributed by atoms with Crippen LogP contribution in [0.1, 0.15) is 25.0 Å². The van der Waals surface area contributed by atoms with Crippen molar-refractivity contribution in [3.05, 3.63) is 199 Å². The summed E-state index contributed by atoms with van der Waals surface area (Å²) in [5, 5.41) is 7.72. The summed E-state index contributed by atoms with van der Waals surface area (Å²) in [7, 11) is 0. The Hall–Kier alpha value is -6.44. The van der Waals surface area contributed by atoms with Gasteiger partial charge < -0.3 is 4.90 Å². The number of para-hydroxylation sites is 1. The molecule has 10 rings (SSSR count). The van der Waals surface area contributed by atoms with Crippen molar-refractivity contribution in [2.24, 2.45) is 0 Å². The summed E-state index contributed by atoms with van der Waals surface area (Å²) in [6.07, 6.45) is 0. The standard InChI is InChI=1S/C51H37N/c1-51(2)48-18-10-8-17-46(48)47-33-40(27-31-49(47)51)52(50-19-11-9-16-43(50)35-12-4-3-5-13-35)39-25-20-34(21-26-39)37-23-28-42-38(32-37)24-30-44-41-15-7-6-14-36(41)22-29-45(42)44/h3-33H,1-2H3. The summed E-state index contributed by atoms with van der Waals surface area (Å²) in [5.74, 6) is 0. The number of hydrogen-bond acceptors (Lipinski definition) is 1. The minimum absolute atomic E-state index is 0.0428. The molecule has 0 spiro atoms. The van der Waals surface area contributed by atoms with E-state index in [0.29, 0.717) is 0 Å². The Morgan fingerprint density at radius 2 is 0.942 bits per heavy atom. The maximum absolute atomic E-state index is 2.43. The fraction of sp³-hybridized carbons (Fsp3) is 0.0588. The molecular formula is C51H37N. The van der Waals surface area contributed by atoms with Crippen molar-refractivity contribution in [3.8, 4) is 33.4 Å².